The van der Waals surface area contributed by atoms with E-state index in [9.17, 15) is 13.2 Å². The van der Waals surface area contributed by atoms with Crippen molar-refractivity contribution in [2.24, 2.45) is 0 Å². The number of nitrogens with one attached hydrogen (secondary N) is 2. The summed E-state index contributed by atoms with van der Waals surface area (Å²) < 4.78 is 30.9. The molecule has 3 aromatic rings. The summed E-state index contributed by atoms with van der Waals surface area (Å²) in [5.74, 6) is 0.302. The average molecular weight is 405 g/mol. The number of fused-ring (bicyclic) bond motifs is 3. The Balaban J connectivity index is 1.83. The molecule has 0 radical (unpaired) electrons. The number of carbonyl (C=O) groups excluding carboxylic acids is 1. The maximum atomic E-state index is 11.5. The molecular weight excluding hydrogens is 392 g/mol. The van der Waals surface area contributed by atoms with Gasteiger partial charge in [-0.3, -0.25) is 14.5 Å². The maximum absolute atomic E-state index is 11.5. The molecule has 10 heteroatoms. The van der Waals surface area contributed by atoms with Gasteiger partial charge in [0.1, 0.15) is 5.69 Å². The third kappa shape index (κ3) is 3.51. The van der Waals surface area contributed by atoms with Gasteiger partial charge in [-0.1, -0.05) is 17.7 Å². The lowest BCUT2D eigenvalue weighted by molar-refractivity contribution is -0.118. The summed E-state index contributed by atoms with van der Waals surface area (Å²) in [5, 5.41) is 3.49. The van der Waals surface area contributed by atoms with Crippen LogP contribution in [-0.2, 0) is 14.8 Å². The summed E-state index contributed by atoms with van der Waals surface area (Å²) in [7, 11) is -3.50. The zero-order valence-corrected chi connectivity index (χ0v) is 15.6. The molecular formula is C17H13ClN4O4S. The Morgan fingerprint density at radius 2 is 2.00 bits per heavy atom. The minimum atomic E-state index is -3.50. The molecule has 27 heavy (non-hydrogen) atoms. The molecule has 3 heterocycles. The summed E-state index contributed by atoms with van der Waals surface area (Å²) in [6.45, 7) is -0.0682. The minimum Gasteiger partial charge on any atom is -0.481 e. The highest BCUT2D eigenvalue weighted by molar-refractivity contribution is 7.92. The maximum Gasteiger partial charge on any atom is 0.262 e. The lowest BCUT2D eigenvalue weighted by atomic mass is 10.0. The van der Waals surface area contributed by atoms with Gasteiger partial charge >= 0.3 is 0 Å². The van der Waals surface area contributed by atoms with Gasteiger partial charge in [-0.25, -0.2) is 13.4 Å². The van der Waals surface area contributed by atoms with Crippen molar-refractivity contribution in [2.75, 3.05) is 22.9 Å². The number of aromatic nitrogens is 2. The van der Waals surface area contributed by atoms with Crippen LogP contribution in [0.5, 0.6) is 5.75 Å². The molecule has 0 saturated heterocycles. The van der Waals surface area contributed by atoms with E-state index in [0.717, 1.165) is 17.2 Å². The quantitative estimate of drug-likeness (QED) is 0.649. The molecule has 0 fully saturated rings. The molecule has 1 aliphatic heterocycles. The van der Waals surface area contributed by atoms with Crippen LogP contribution < -0.4 is 14.8 Å². The van der Waals surface area contributed by atoms with Gasteiger partial charge in [-0.05, 0) is 23.8 Å². The van der Waals surface area contributed by atoms with Gasteiger partial charge in [0.2, 0.25) is 10.0 Å². The third-order valence-corrected chi connectivity index (χ3v) is 4.80. The Labute approximate surface area is 159 Å². The third-order valence-electron chi connectivity index (χ3n) is 3.91. The predicted octanol–water partition coefficient (Wildman–Crippen LogP) is 2.65. The first kappa shape index (κ1) is 17.5. The zero-order chi connectivity index (χ0) is 19.2. The van der Waals surface area contributed by atoms with E-state index in [0.29, 0.717) is 22.5 Å². The Hall–Kier alpha value is -2.91. The van der Waals surface area contributed by atoms with Crippen molar-refractivity contribution >= 4 is 49.8 Å². The van der Waals surface area contributed by atoms with Gasteiger partial charge in [0.25, 0.3) is 5.91 Å². The summed E-state index contributed by atoms with van der Waals surface area (Å²) in [6.07, 6.45) is 4.13. The molecule has 8 nitrogen and oxygen atoms in total. The molecule has 138 valence electrons. The molecule has 2 aromatic heterocycles. The molecule has 2 N–H and O–H groups in total. The normalized spacial score (nSPS) is 13.6. The summed E-state index contributed by atoms with van der Waals surface area (Å²) in [4.78, 5) is 19.9. The fourth-order valence-corrected chi connectivity index (χ4v) is 3.56. The second-order valence-corrected chi connectivity index (χ2v) is 8.11. The number of ether oxygens (including phenoxy) is 1. The molecule has 4 rings (SSSR count). The number of hydrogen-bond donors (Lipinski definition) is 2. The first-order chi connectivity index (χ1) is 12.8. The van der Waals surface area contributed by atoms with Crippen molar-refractivity contribution in [3.8, 4) is 16.9 Å². The highest BCUT2D eigenvalue weighted by Gasteiger charge is 2.19. The second-order valence-electron chi connectivity index (χ2n) is 6.01. The highest BCUT2D eigenvalue weighted by Crippen LogP contribution is 2.37. The number of rotatable bonds is 3. The number of halogens is 1. The van der Waals surface area contributed by atoms with Crippen LogP contribution in [0, 0.1) is 0 Å². The average Bonchev–Trinajstić information content (AvgIpc) is 2.61. The monoisotopic (exact) mass is 404 g/mol. The number of sulfonamides is 1. The SMILES string of the molecule is CS(=O)(=O)Nc1cc(-c2ccc3ncc4c(c3c2)OCC(=O)N4)cnc1Cl. The Morgan fingerprint density at radius 3 is 2.78 bits per heavy atom. The number of carbonyl (C=O) groups is 1. The lowest BCUT2D eigenvalue weighted by Crippen LogP contribution is -2.25. The topological polar surface area (TPSA) is 110 Å². The summed E-state index contributed by atoms with van der Waals surface area (Å²) >= 11 is 5.99. The number of pyridine rings is 2. The van der Waals surface area contributed by atoms with Gasteiger partial charge in [0.15, 0.2) is 17.5 Å². The van der Waals surface area contributed by atoms with E-state index in [2.05, 4.69) is 20.0 Å². The Kier molecular flexibility index (Phi) is 4.12. The van der Waals surface area contributed by atoms with Crippen LogP contribution in [-0.4, -0.2) is 37.2 Å². The summed E-state index contributed by atoms with van der Waals surface area (Å²) in [5.41, 5.74) is 2.81. The fourth-order valence-electron chi connectivity index (χ4n) is 2.79. The first-order valence-corrected chi connectivity index (χ1v) is 10.1. The predicted molar refractivity (Wildman–Crippen MR) is 103 cm³/mol. The lowest BCUT2D eigenvalue weighted by Gasteiger charge is -2.19. The van der Waals surface area contributed by atoms with Gasteiger partial charge < -0.3 is 10.1 Å². The van der Waals surface area contributed by atoms with Crippen LogP contribution in [0.3, 0.4) is 0 Å². The van der Waals surface area contributed by atoms with Crippen molar-refractivity contribution in [2.45, 2.75) is 0 Å². The van der Waals surface area contributed by atoms with E-state index >= 15 is 0 Å². The molecule has 0 aliphatic carbocycles. The van der Waals surface area contributed by atoms with Crippen LogP contribution in [0.25, 0.3) is 22.0 Å². The van der Waals surface area contributed by atoms with Gasteiger partial charge in [0.05, 0.1) is 23.7 Å². The van der Waals surface area contributed by atoms with Crippen LogP contribution in [0.2, 0.25) is 5.15 Å². The van der Waals surface area contributed by atoms with E-state index in [1.807, 2.05) is 18.2 Å². The van der Waals surface area contributed by atoms with Gasteiger partial charge in [-0.15, -0.1) is 0 Å². The van der Waals surface area contributed by atoms with Crippen molar-refractivity contribution in [3.05, 3.63) is 41.8 Å². The van der Waals surface area contributed by atoms with Gasteiger partial charge in [-0.2, -0.15) is 0 Å². The Morgan fingerprint density at radius 1 is 1.19 bits per heavy atom. The molecule has 1 aliphatic rings. The van der Waals surface area contributed by atoms with E-state index in [4.69, 9.17) is 16.3 Å². The molecule has 0 atom stereocenters. The molecule has 1 aromatic carbocycles. The molecule has 0 unspecified atom stereocenters. The zero-order valence-electron chi connectivity index (χ0n) is 14.0. The minimum absolute atomic E-state index is 0.0510. The highest BCUT2D eigenvalue weighted by atomic mass is 35.5. The van der Waals surface area contributed by atoms with Crippen molar-refractivity contribution < 1.29 is 17.9 Å². The van der Waals surface area contributed by atoms with Crippen LogP contribution >= 0.6 is 11.6 Å². The van der Waals surface area contributed by atoms with E-state index in [1.54, 1.807) is 18.5 Å². The van der Waals surface area contributed by atoms with Crippen LogP contribution in [0.1, 0.15) is 0 Å². The number of nitrogens with zero attached hydrogens (tertiary/aromatic N) is 2. The molecule has 1 amide bonds. The standard InChI is InChI=1S/C17H13ClN4O4S/c1-27(24,25)22-13-5-10(6-20-17(13)18)9-2-3-12-11(4-9)16-14(7-19-12)21-15(23)8-26-16/h2-7,22H,8H2,1H3,(H,21,23). The van der Waals surface area contributed by atoms with Crippen molar-refractivity contribution in [1.29, 1.82) is 0 Å². The molecule has 0 saturated carbocycles. The fraction of sp³-hybridized carbons (Fsp3) is 0.118. The second kappa shape index (κ2) is 6.36. The number of hydrogen-bond acceptors (Lipinski definition) is 6. The van der Waals surface area contributed by atoms with Crippen molar-refractivity contribution in [1.82, 2.24) is 9.97 Å². The van der Waals surface area contributed by atoms with Crippen molar-refractivity contribution in [3.63, 3.8) is 0 Å². The number of amides is 1. The van der Waals surface area contributed by atoms with Crippen LogP contribution in [0.15, 0.2) is 36.7 Å². The first-order valence-electron chi connectivity index (χ1n) is 7.79. The number of benzene rings is 1. The number of anilines is 2. The van der Waals surface area contributed by atoms with E-state index < -0.39 is 10.0 Å². The summed E-state index contributed by atoms with van der Waals surface area (Å²) in [6, 6.07) is 7.08. The van der Waals surface area contributed by atoms with Crippen LogP contribution in [0.4, 0.5) is 11.4 Å². The molecule has 0 bridgehead atoms. The Bertz CT molecular complexity index is 1200. The van der Waals surface area contributed by atoms with Gasteiger partial charge in [0, 0.05) is 17.1 Å². The molecule has 0 spiro atoms. The smallest absolute Gasteiger partial charge is 0.262 e. The van der Waals surface area contributed by atoms with E-state index in [1.165, 1.54) is 0 Å². The van der Waals surface area contributed by atoms with E-state index in [-0.39, 0.29) is 23.4 Å². The largest absolute Gasteiger partial charge is 0.481 e.